The summed E-state index contributed by atoms with van der Waals surface area (Å²) < 4.78 is 7.56. The monoisotopic (exact) mass is 388 g/mol. The first-order valence-electron chi connectivity index (χ1n) is 9.61. The predicted octanol–water partition coefficient (Wildman–Crippen LogP) is 4.93. The number of amides is 1. The summed E-state index contributed by atoms with van der Waals surface area (Å²) >= 11 is 0. The number of aryl methyl sites for hydroxylation is 3. The van der Waals surface area contributed by atoms with E-state index in [4.69, 9.17) is 4.74 Å². The first-order valence-corrected chi connectivity index (χ1v) is 9.61. The third kappa shape index (κ3) is 3.61. The van der Waals surface area contributed by atoms with Crippen LogP contribution < -0.4 is 10.1 Å². The third-order valence-electron chi connectivity index (χ3n) is 5.01. The molecule has 6 nitrogen and oxygen atoms in total. The Morgan fingerprint density at radius 1 is 1.10 bits per heavy atom. The van der Waals surface area contributed by atoms with Crippen LogP contribution in [0.4, 0.5) is 5.82 Å². The van der Waals surface area contributed by atoms with Gasteiger partial charge in [-0.05, 0) is 51.1 Å². The Hall–Kier alpha value is -3.54. The molecule has 0 saturated heterocycles. The molecule has 2 heterocycles. The maximum atomic E-state index is 12.6. The summed E-state index contributed by atoms with van der Waals surface area (Å²) in [6.45, 7) is 6.86. The Balaban J connectivity index is 1.64. The van der Waals surface area contributed by atoms with Gasteiger partial charge in [-0.3, -0.25) is 9.89 Å². The van der Waals surface area contributed by atoms with Crippen LogP contribution in [0.3, 0.4) is 0 Å². The summed E-state index contributed by atoms with van der Waals surface area (Å²) in [6.07, 6.45) is 0. The van der Waals surface area contributed by atoms with Gasteiger partial charge in [0.1, 0.15) is 5.75 Å². The molecule has 6 heteroatoms. The SMILES string of the molecule is CCn1c(-c2cc(NC(=O)c3cc(C)cc(C)c3)n[nH]2)cc2ccc(OC)cc21. The van der Waals surface area contributed by atoms with Gasteiger partial charge in [-0.1, -0.05) is 17.2 Å². The van der Waals surface area contributed by atoms with Crippen molar-refractivity contribution in [1.82, 2.24) is 14.8 Å². The second-order valence-corrected chi connectivity index (χ2v) is 7.20. The van der Waals surface area contributed by atoms with E-state index in [1.54, 1.807) is 7.11 Å². The number of aromatic amines is 1. The van der Waals surface area contributed by atoms with E-state index in [-0.39, 0.29) is 5.91 Å². The highest BCUT2D eigenvalue weighted by atomic mass is 16.5. The number of hydrogen-bond acceptors (Lipinski definition) is 3. The van der Waals surface area contributed by atoms with Gasteiger partial charge in [-0.25, -0.2) is 0 Å². The number of aromatic nitrogens is 3. The number of benzene rings is 2. The lowest BCUT2D eigenvalue weighted by Gasteiger charge is -2.07. The van der Waals surface area contributed by atoms with Crippen LogP contribution in [0, 0.1) is 13.8 Å². The molecule has 4 aromatic rings. The van der Waals surface area contributed by atoms with Gasteiger partial charge in [0.25, 0.3) is 5.91 Å². The zero-order chi connectivity index (χ0) is 20.5. The molecule has 2 N–H and O–H groups in total. The summed E-state index contributed by atoms with van der Waals surface area (Å²) in [5.74, 6) is 1.15. The maximum absolute atomic E-state index is 12.6. The van der Waals surface area contributed by atoms with Gasteiger partial charge in [0.2, 0.25) is 0 Å². The molecule has 29 heavy (non-hydrogen) atoms. The second-order valence-electron chi connectivity index (χ2n) is 7.20. The lowest BCUT2D eigenvalue weighted by molar-refractivity contribution is 0.102. The highest BCUT2D eigenvalue weighted by Crippen LogP contribution is 2.30. The zero-order valence-electron chi connectivity index (χ0n) is 17.0. The molecule has 0 aliphatic rings. The average Bonchev–Trinajstić information content (AvgIpc) is 3.30. The standard InChI is InChI=1S/C23H24N4O2/c1-5-27-20-12-18(29-4)7-6-16(20)11-21(27)19-13-22(26-25-19)24-23(28)17-9-14(2)8-15(3)10-17/h6-13H,5H2,1-4H3,(H2,24,25,26,28). The molecule has 2 aromatic heterocycles. The number of hydrogen-bond donors (Lipinski definition) is 2. The second kappa shape index (κ2) is 7.47. The molecule has 148 valence electrons. The van der Waals surface area contributed by atoms with Gasteiger partial charge >= 0.3 is 0 Å². The molecule has 0 bridgehead atoms. The first-order chi connectivity index (χ1) is 14.0. The van der Waals surface area contributed by atoms with Gasteiger partial charge in [-0.2, -0.15) is 5.10 Å². The van der Waals surface area contributed by atoms with E-state index in [1.807, 2.05) is 56.3 Å². The van der Waals surface area contributed by atoms with Crippen molar-refractivity contribution in [3.05, 3.63) is 65.2 Å². The first kappa shape index (κ1) is 18.8. The molecule has 0 aliphatic heterocycles. The fourth-order valence-corrected chi connectivity index (χ4v) is 3.74. The summed E-state index contributed by atoms with van der Waals surface area (Å²) in [4.78, 5) is 12.6. The van der Waals surface area contributed by atoms with Crippen LogP contribution in [0.15, 0.2) is 48.5 Å². The Kier molecular flexibility index (Phi) is 4.84. The van der Waals surface area contributed by atoms with Gasteiger partial charge in [0.15, 0.2) is 5.82 Å². The van der Waals surface area contributed by atoms with Gasteiger partial charge in [-0.15, -0.1) is 0 Å². The molecule has 0 spiro atoms. The number of carbonyl (C=O) groups is 1. The van der Waals surface area contributed by atoms with Crippen LogP contribution in [-0.2, 0) is 6.54 Å². The quantitative estimate of drug-likeness (QED) is 0.509. The minimum absolute atomic E-state index is 0.171. The van der Waals surface area contributed by atoms with Crippen LogP contribution >= 0.6 is 0 Å². The molecule has 0 aliphatic carbocycles. The number of methoxy groups -OCH3 is 1. The van der Waals surface area contributed by atoms with E-state index in [2.05, 4.69) is 33.1 Å². The van der Waals surface area contributed by atoms with Crippen LogP contribution in [0.2, 0.25) is 0 Å². The zero-order valence-corrected chi connectivity index (χ0v) is 17.0. The number of nitrogens with one attached hydrogen (secondary N) is 2. The maximum Gasteiger partial charge on any atom is 0.256 e. The molecular formula is C23H24N4O2. The smallest absolute Gasteiger partial charge is 0.256 e. The van der Waals surface area contributed by atoms with Gasteiger partial charge in [0, 0.05) is 29.6 Å². The fraction of sp³-hybridized carbons (Fsp3) is 0.217. The largest absolute Gasteiger partial charge is 0.497 e. The molecule has 0 saturated carbocycles. The minimum atomic E-state index is -0.171. The number of H-pyrrole nitrogens is 1. The number of fused-ring (bicyclic) bond motifs is 1. The summed E-state index contributed by atoms with van der Waals surface area (Å²) in [6, 6.07) is 15.8. The summed E-state index contributed by atoms with van der Waals surface area (Å²) in [7, 11) is 1.67. The van der Waals surface area contributed by atoms with Crippen molar-refractivity contribution in [1.29, 1.82) is 0 Å². The topological polar surface area (TPSA) is 71.9 Å². The highest BCUT2D eigenvalue weighted by Gasteiger charge is 2.15. The average molecular weight is 388 g/mol. The van der Waals surface area contributed by atoms with Gasteiger partial charge < -0.3 is 14.6 Å². The van der Waals surface area contributed by atoms with E-state index in [9.17, 15) is 4.79 Å². The van der Waals surface area contributed by atoms with Crippen LogP contribution in [0.25, 0.3) is 22.3 Å². The van der Waals surface area contributed by atoms with Crippen LogP contribution in [0.5, 0.6) is 5.75 Å². The van der Waals surface area contributed by atoms with Crippen molar-refractivity contribution in [2.75, 3.05) is 12.4 Å². The molecule has 0 unspecified atom stereocenters. The predicted molar refractivity (Wildman–Crippen MR) is 116 cm³/mol. The van der Waals surface area contributed by atoms with Crippen LogP contribution in [-0.4, -0.2) is 27.8 Å². The molecular weight excluding hydrogens is 364 g/mol. The summed E-state index contributed by atoms with van der Waals surface area (Å²) in [5, 5.41) is 11.3. The third-order valence-corrected chi connectivity index (χ3v) is 5.01. The van der Waals surface area contributed by atoms with Crippen molar-refractivity contribution in [2.24, 2.45) is 0 Å². The molecule has 2 aromatic carbocycles. The van der Waals surface area contributed by atoms with Gasteiger partial charge in [0.05, 0.1) is 24.0 Å². The molecule has 0 fully saturated rings. The van der Waals surface area contributed by atoms with Crippen LogP contribution in [0.1, 0.15) is 28.4 Å². The molecule has 0 radical (unpaired) electrons. The Labute approximate surface area is 169 Å². The Morgan fingerprint density at radius 3 is 2.55 bits per heavy atom. The molecule has 4 rings (SSSR count). The van der Waals surface area contributed by atoms with Crippen molar-refractivity contribution >= 4 is 22.6 Å². The lowest BCUT2D eigenvalue weighted by Crippen LogP contribution is -2.12. The number of rotatable bonds is 5. The van der Waals surface area contributed by atoms with E-state index >= 15 is 0 Å². The normalized spacial score (nSPS) is 11.0. The number of carbonyl (C=O) groups excluding carboxylic acids is 1. The number of nitrogens with zero attached hydrogens (tertiary/aromatic N) is 2. The van der Waals surface area contributed by atoms with Crippen molar-refractivity contribution in [3.63, 3.8) is 0 Å². The number of anilines is 1. The Bertz CT molecular complexity index is 1180. The fourth-order valence-electron chi connectivity index (χ4n) is 3.74. The van der Waals surface area contributed by atoms with Crippen molar-refractivity contribution in [3.8, 4) is 17.1 Å². The van der Waals surface area contributed by atoms with Crippen molar-refractivity contribution < 1.29 is 9.53 Å². The highest BCUT2D eigenvalue weighted by molar-refractivity contribution is 6.04. The number of ether oxygens (including phenoxy) is 1. The van der Waals surface area contributed by atoms with E-state index in [0.29, 0.717) is 11.4 Å². The molecule has 1 amide bonds. The Morgan fingerprint density at radius 2 is 1.86 bits per heavy atom. The van der Waals surface area contributed by atoms with E-state index < -0.39 is 0 Å². The van der Waals surface area contributed by atoms with E-state index in [1.165, 1.54) is 0 Å². The minimum Gasteiger partial charge on any atom is -0.497 e. The lowest BCUT2D eigenvalue weighted by atomic mass is 10.1. The van der Waals surface area contributed by atoms with Crippen molar-refractivity contribution in [2.45, 2.75) is 27.3 Å². The van der Waals surface area contributed by atoms with E-state index in [0.717, 1.165) is 45.7 Å². The summed E-state index contributed by atoms with van der Waals surface area (Å²) in [5.41, 5.74) is 5.69. The molecule has 0 atom stereocenters.